The fourth-order valence-electron chi connectivity index (χ4n) is 2.32. The summed E-state index contributed by atoms with van der Waals surface area (Å²) in [4.78, 5) is 18.0. The van der Waals surface area contributed by atoms with Crippen molar-refractivity contribution < 1.29 is 14.6 Å². The summed E-state index contributed by atoms with van der Waals surface area (Å²) in [7, 11) is 0. The molecule has 1 fully saturated rings. The number of piperidine rings is 1. The lowest BCUT2D eigenvalue weighted by molar-refractivity contribution is -0.00838. The highest BCUT2D eigenvalue weighted by atomic mass is 32.1. The van der Waals surface area contributed by atoms with Gasteiger partial charge in [0.1, 0.15) is 5.60 Å². The van der Waals surface area contributed by atoms with Crippen LogP contribution in [0, 0.1) is 5.92 Å². The van der Waals surface area contributed by atoms with Gasteiger partial charge in [0.2, 0.25) is 0 Å². The molecule has 5 nitrogen and oxygen atoms in total. The molecule has 112 valence electrons. The molecular formula is C14H22N2O3S. The topological polar surface area (TPSA) is 62.7 Å². The first-order chi connectivity index (χ1) is 9.35. The molecule has 2 unspecified atom stereocenters. The minimum atomic E-state index is -0.489. The van der Waals surface area contributed by atoms with Crippen LogP contribution in [0.2, 0.25) is 0 Å². The lowest BCUT2D eigenvalue weighted by Gasteiger charge is -2.36. The number of thiazole rings is 1. The zero-order valence-corrected chi connectivity index (χ0v) is 13.0. The molecule has 0 aromatic carbocycles. The summed E-state index contributed by atoms with van der Waals surface area (Å²) in [6, 6.07) is 0. The van der Waals surface area contributed by atoms with Crippen molar-refractivity contribution in [2.24, 2.45) is 5.92 Å². The van der Waals surface area contributed by atoms with Crippen LogP contribution in [-0.4, -0.2) is 45.9 Å². The number of ether oxygens (including phenoxy) is 1. The highest BCUT2D eigenvalue weighted by Crippen LogP contribution is 2.23. The van der Waals surface area contributed by atoms with Crippen LogP contribution in [0.1, 0.15) is 32.9 Å². The molecule has 20 heavy (non-hydrogen) atoms. The van der Waals surface area contributed by atoms with Crippen LogP contribution in [-0.2, 0) is 11.2 Å². The minimum Gasteiger partial charge on any atom is -0.444 e. The monoisotopic (exact) mass is 298 g/mol. The first-order valence-corrected chi connectivity index (χ1v) is 7.82. The van der Waals surface area contributed by atoms with E-state index in [1.807, 2.05) is 26.2 Å². The summed E-state index contributed by atoms with van der Waals surface area (Å²) in [5, 5.41) is 12.1. The molecule has 2 rings (SSSR count). The lowest BCUT2D eigenvalue weighted by atomic mass is 9.91. The summed E-state index contributed by atoms with van der Waals surface area (Å²) in [5.74, 6) is 0.0263. The smallest absolute Gasteiger partial charge is 0.410 e. The maximum Gasteiger partial charge on any atom is 0.410 e. The minimum absolute atomic E-state index is 0.0263. The molecule has 1 aliphatic rings. The van der Waals surface area contributed by atoms with Gasteiger partial charge in [0.25, 0.3) is 0 Å². The van der Waals surface area contributed by atoms with Crippen molar-refractivity contribution in [1.82, 2.24) is 9.88 Å². The van der Waals surface area contributed by atoms with Gasteiger partial charge in [0, 0.05) is 24.4 Å². The van der Waals surface area contributed by atoms with Gasteiger partial charge in [-0.1, -0.05) is 0 Å². The number of aromatic nitrogens is 1. The largest absolute Gasteiger partial charge is 0.444 e. The summed E-state index contributed by atoms with van der Waals surface area (Å²) in [5.41, 5.74) is 2.28. The Bertz CT molecular complexity index is 442. The van der Waals surface area contributed by atoms with E-state index in [-0.39, 0.29) is 18.1 Å². The van der Waals surface area contributed by atoms with Crippen LogP contribution in [0.3, 0.4) is 0 Å². The maximum atomic E-state index is 12.1. The number of nitrogens with zero attached hydrogens (tertiary/aromatic N) is 2. The van der Waals surface area contributed by atoms with Gasteiger partial charge < -0.3 is 14.7 Å². The number of likely N-dealkylation sites (tertiary alicyclic amines) is 1. The third-order valence-electron chi connectivity index (χ3n) is 3.30. The van der Waals surface area contributed by atoms with E-state index in [9.17, 15) is 9.90 Å². The number of rotatable bonds is 2. The number of hydrogen-bond acceptors (Lipinski definition) is 5. The summed E-state index contributed by atoms with van der Waals surface area (Å²) in [6.45, 7) is 6.64. The van der Waals surface area contributed by atoms with Crippen molar-refractivity contribution in [3.8, 4) is 0 Å². The molecule has 0 spiro atoms. The van der Waals surface area contributed by atoms with Crippen molar-refractivity contribution in [2.75, 3.05) is 13.1 Å². The maximum absolute atomic E-state index is 12.1. The van der Waals surface area contributed by atoms with Gasteiger partial charge in [-0.25, -0.2) is 9.78 Å². The average Bonchev–Trinajstić information content (AvgIpc) is 2.82. The van der Waals surface area contributed by atoms with Gasteiger partial charge in [-0.3, -0.25) is 0 Å². The zero-order valence-electron chi connectivity index (χ0n) is 12.2. The Hall–Kier alpha value is -1.14. The Morgan fingerprint density at radius 2 is 2.35 bits per heavy atom. The van der Waals surface area contributed by atoms with Crippen molar-refractivity contribution >= 4 is 17.4 Å². The molecule has 1 N–H and O–H groups in total. The van der Waals surface area contributed by atoms with Gasteiger partial charge in [-0.2, -0.15) is 0 Å². The number of hydrogen-bond donors (Lipinski definition) is 1. The van der Waals surface area contributed by atoms with Gasteiger partial charge in [-0.05, 0) is 33.6 Å². The number of carbonyl (C=O) groups excluding carboxylic acids is 1. The van der Waals surface area contributed by atoms with E-state index in [0.717, 1.165) is 5.69 Å². The Morgan fingerprint density at radius 3 is 2.95 bits per heavy atom. The first-order valence-electron chi connectivity index (χ1n) is 6.88. The predicted molar refractivity (Wildman–Crippen MR) is 77.7 cm³/mol. The Morgan fingerprint density at radius 1 is 1.60 bits per heavy atom. The molecular weight excluding hydrogens is 276 g/mol. The van der Waals surface area contributed by atoms with E-state index >= 15 is 0 Å². The van der Waals surface area contributed by atoms with Crippen molar-refractivity contribution in [3.05, 3.63) is 16.6 Å². The van der Waals surface area contributed by atoms with Crippen LogP contribution in [0.5, 0.6) is 0 Å². The van der Waals surface area contributed by atoms with Crippen molar-refractivity contribution in [3.63, 3.8) is 0 Å². The molecule has 1 amide bonds. The fourth-order valence-corrected chi connectivity index (χ4v) is 2.89. The molecule has 6 heteroatoms. The second-order valence-corrected chi connectivity index (χ2v) is 6.95. The Balaban J connectivity index is 1.95. The Labute approximate surface area is 123 Å². The second-order valence-electron chi connectivity index (χ2n) is 6.23. The normalized spacial score (nSPS) is 23.7. The molecule has 0 radical (unpaired) electrons. The number of amides is 1. The molecule has 0 aliphatic carbocycles. The predicted octanol–water partition coefficient (Wildman–Crippen LogP) is 2.30. The molecule has 2 heterocycles. The molecule has 1 saturated heterocycles. The average molecular weight is 298 g/mol. The van der Waals surface area contributed by atoms with Crippen molar-refractivity contribution in [1.29, 1.82) is 0 Å². The first kappa shape index (κ1) is 15.3. The lowest BCUT2D eigenvalue weighted by Crippen LogP contribution is -2.48. The fraction of sp³-hybridized carbons (Fsp3) is 0.714. The number of aliphatic hydroxyl groups excluding tert-OH is 1. The summed E-state index contributed by atoms with van der Waals surface area (Å²) in [6.07, 6.45) is 0.612. The third kappa shape index (κ3) is 4.18. The highest BCUT2D eigenvalue weighted by molar-refractivity contribution is 7.07. The van der Waals surface area contributed by atoms with E-state index in [2.05, 4.69) is 4.98 Å². The highest BCUT2D eigenvalue weighted by Gasteiger charge is 2.32. The van der Waals surface area contributed by atoms with E-state index in [1.165, 1.54) is 0 Å². The molecule has 0 saturated carbocycles. The zero-order chi connectivity index (χ0) is 14.8. The molecule has 1 aliphatic heterocycles. The molecule has 1 aromatic rings. The summed E-state index contributed by atoms with van der Waals surface area (Å²) < 4.78 is 5.39. The third-order valence-corrected chi connectivity index (χ3v) is 3.94. The molecule has 2 atom stereocenters. The van der Waals surface area contributed by atoms with Gasteiger partial charge in [0.05, 0.1) is 17.3 Å². The van der Waals surface area contributed by atoms with Crippen LogP contribution < -0.4 is 0 Å². The van der Waals surface area contributed by atoms with E-state index in [4.69, 9.17) is 4.74 Å². The van der Waals surface area contributed by atoms with Gasteiger partial charge in [0.15, 0.2) is 0 Å². The SMILES string of the molecule is CC(C)(C)OC(=O)N1CCC(O)C(Cc2cscn2)C1. The number of carbonyl (C=O) groups is 1. The van der Waals surface area contributed by atoms with Gasteiger partial charge in [-0.15, -0.1) is 11.3 Å². The van der Waals surface area contributed by atoms with Crippen LogP contribution in [0.25, 0.3) is 0 Å². The van der Waals surface area contributed by atoms with E-state index < -0.39 is 5.60 Å². The van der Waals surface area contributed by atoms with Crippen molar-refractivity contribution in [2.45, 2.75) is 45.3 Å². The van der Waals surface area contributed by atoms with Crippen LogP contribution >= 0.6 is 11.3 Å². The number of aliphatic hydroxyl groups is 1. The van der Waals surface area contributed by atoms with Gasteiger partial charge >= 0.3 is 6.09 Å². The van der Waals surface area contributed by atoms with E-state index in [1.54, 1.807) is 21.7 Å². The summed E-state index contributed by atoms with van der Waals surface area (Å²) >= 11 is 1.55. The quantitative estimate of drug-likeness (QED) is 0.910. The van der Waals surface area contributed by atoms with E-state index in [0.29, 0.717) is 25.9 Å². The second kappa shape index (κ2) is 6.10. The molecule has 1 aromatic heterocycles. The molecule has 0 bridgehead atoms. The standard InChI is InChI=1S/C14H22N2O3S/c1-14(2,3)19-13(18)16-5-4-12(17)10(7-16)6-11-8-20-9-15-11/h8-10,12,17H,4-7H2,1-3H3. The van der Waals surface area contributed by atoms with Crippen LogP contribution in [0.4, 0.5) is 4.79 Å². The van der Waals surface area contributed by atoms with Crippen LogP contribution in [0.15, 0.2) is 10.9 Å². The Kier molecular flexibility index (Phi) is 4.65.